The summed E-state index contributed by atoms with van der Waals surface area (Å²) < 4.78 is 5.72. The Hall–Kier alpha value is -1.39. The van der Waals surface area contributed by atoms with Gasteiger partial charge in [0.05, 0.1) is 6.61 Å². The Morgan fingerprint density at radius 2 is 2.29 bits per heavy atom. The number of halogens is 1. The first-order valence-corrected chi connectivity index (χ1v) is 6.21. The molecule has 1 aromatic heterocycles. The van der Waals surface area contributed by atoms with Gasteiger partial charge in [-0.3, -0.25) is 4.79 Å². The number of carbonyl (C=O) groups is 2. The fourth-order valence-electron chi connectivity index (χ4n) is 1.59. The molecule has 0 N–H and O–H groups in total. The number of fused-ring (bicyclic) bond motifs is 1. The van der Waals surface area contributed by atoms with Crippen LogP contribution in [0.5, 0.6) is 0 Å². The van der Waals surface area contributed by atoms with Crippen molar-refractivity contribution in [3.8, 4) is 0 Å². The number of hydrogen-bond acceptors (Lipinski definition) is 4. The van der Waals surface area contributed by atoms with Crippen molar-refractivity contribution in [2.45, 2.75) is 6.92 Å². The summed E-state index contributed by atoms with van der Waals surface area (Å²) in [5.41, 5.74) is 0.314. The molecule has 0 saturated carbocycles. The van der Waals surface area contributed by atoms with Gasteiger partial charge in [0, 0.05) is 20.7 Å². The predicted octanol–water partition coefficient (Wildman–Crippen LogP) is 3.54. The van der Waals surface area contributed by atoms with Gasteiger partial charge in [-0.25, -0.2) is 4.79 Å². The van der Waals surface area contributed by atoms with Crippen molar-refractivity contribution in [1.29, 1.82) is 0 Å². The van der Waals surface area contributed by atoms with Crippen LogP contribution in [0, 0.1) is 0 Å². The lowest BCUT2D eigenvalue weighted by molar-refractivity contribution is 0.0530. The van der Waals surface area contributed by atoms with E-state index in [1.54, 1.807) is 19.1 Å². The van der Waals surface area contributed by atoms with E-state index in [0.717, 1.165) is 4.70 Å². The van der Waals surface area contributed by atoms with E-state index in [-0.39, 0.29) is 6.61 Å². The third-order valence-electron chi connectivity index (χ3n) is 2.28. The molecule has 2 aromatic rings. The second-order valence-corrected chi connectivity index (χ2v) is 4.76. The monoisotopic (exact) mass is 268 g/mol. The Labute approximate surface area is 107 Å². The molecule has 17 heavy (non-hydrogen) atoms. The Morgan fingerprint density at radius 1 is 1.53 bits per heavy atom. The molecule has 0 aliphatic rings. The van der Waals surface area contributed by atoms with Crippen molar-refractivity contribution in [1.82, 2.24) is 0 Å². The second kappa shape index (κ2) is 4.85. The van der Waals surface area contributed by atoms with Crippen molar-refractivity contribution in [3.63, 3.8) is 0 Å². The van der Waals surface area contributed by atoms with E-state index in [4.69, 9.17) is 16.3 Å². The molecule has 0 radical (unpaired) electrons. The van der Waals surface area contributed by atoms with Crippen LogP contribution >= 0.6 is 22.9 Å². The van der Waals surface area contributed by atoms with E-state index in [1.165, 1.54) is 11.3 Å². The number of hydrogen-bond donors (Lipinski definition) is 0. The van der Waals surface area contributed by atoms with Gasteiger partial charge in [-0.1, -0.05) is 17.7 Å². The SMILES string of the molecule is CCOC(=O)c1sc2cccc(Cl)c2c1C=O. The molecule has 0 atom stereocenters. The van der Waals surface area contributed by atoms with E-state index in [0.29, 0.717) is 27.1 Å². The van der Waals surface area contributed by atoms with Crippen molar-refractivity contribution >= 4 is 45.3 Å². The number of carbonyl (C=O) groups excluding carboxylic acids is 2. The van der Waals surface area contributed by atoms with Crippen LogP contribution in [0.25, 0.3) is 10.1 Å². The van der Waals surface area contributed by atoms with Crippen LogP contribution in [0.1, 0.15) is 27.0 Å². The fraction of sp³-hybridized carbons (Fsp3) is 0.167. The summed E-state index contributed by atoms with van der Waals surface area (Å²) in [6.07, 6.45) is 0.650. The molecule has 2 rings (SSSR count). The highest BCUT2D eigenvalue weighted by Crippen LogP contribution is 2.35. The summed E-state index contributed by atoms with van der Waals surface area (Å²) in [6, 6.07) is 5.30. The number of thiophene rings is 1. The van der Waals surface area contributed by atoms with Gasteiger partial charge >= 0.3 is 5.97 Å². The third-order valence-corrected chi connectivity index (χ3v) is 3.75. The van der Waals surface area contributed by atoms with Gasteiger partial charge in [0.25, 0.3) is 0 Å². The molecule has 0 unspecified atom stereocenters. The highest BCUT2D eigenvalue weighted by molar-refractivity contribution is 7.21. The summed E-state index contributed by atoms with van der Waals surface area (Å²) in [5.74, 6) is -0.480. The Bertz CT molecular complexity index is 589. The molecule has 3 nitrogen and oxygen atoms in total. The molecule has 88 valence electrons. The number of rotatable bonds is 3. The molecule has 0 saturated heterocycles. The zero-order valence-electron chi connectivity index (χ0n) is 9.03. The summed E-state index contributed by atoms with van der Waals surface area (Å²) in [5, 5.41) is 1.09. The first kappa shape index (κ1) is 12.1. The zero-order chi connectivity index (χ0) is 12.4. The smallest absolute Gasteiger partial charge is 0.349 e. The van der Waals surface area contributed by atoms with Crippen molar-refractivity contribution in [3.05, 3.63) is 33.7 Å². The topological polar surface area (TPSA) is 43.4 Å². The van der Waals surface area contributed by atoms with Crippen molar-refractivity contribution < 1.29 is 14.3 Å². The number of esters is 1. The maximum atomic E-state index is 11.7. The molecule has 0 bridgehead atoms. The van der Waals surface area contributed by atoms with Gasteiger partial charge in [-0.15, -0.1) is 11.3 Å². The minimum Gasteiger partial charge on any atom is -0.462 e. The van der Waals surface area contributed by atoms with E-state index < -0.39 is 5.97 Å². The van der Waals surface area contributed by atoms with Gasteiger partial charge < -0.3 is 4.74 Å². The standard InChI is InChI=1S/C12H9ClO3S/c1-2-16-12(15)11-7(6-14)10-8(13)4-3-5-9(10)17-11/h3-6H,2H2,1H3. The highest BCUT2D eigenvalue weighted by Gasteiger charge is 2.20. The lowest BCUT2D eigenvalue weighted by atomic mass is 10.1. The first-order chi connectivity index (χ1) is 8.19. The normalized spacial score (nSPS) is 10.5. The quantitative estimate of drug-likeness (QED) is 0.632. The van der Waals surface area contributed by atoms with Crippen LogP contribution in [0.3, 0.4) is 0 Å². The minimum absolute atomic E-state index is 0.277. The predicted molar refractivity (Wildman–Crippen MR) is 68.2 cm³/mol. The van der Waals surface area contributed by atoms with Crippen molar-refractivity contribution in [2.24, 2.45) is 0 Å². The third kappa shape index (κ3) is 2.06. The summed E-state index contributed by atoms with van der Waals surface area (Å²) in [7, 11) is 0. The van der Waals surface area contributed by atoms with Crippen LogP contribution in [0.4, 0.5) is 0 Å². The number of aldehydes is 1. The van der Waals surface area contributed by atoms with E-state index in [1.807, 2.05) is 6.07 Å². The Morgan fingerprint density at radius 3 is 2.94 bits per heavy atom. The lowest BCUT2D eigenvalue weighted by Gasteiger charge is -1.99. The van der Waals surface area contributed by atoms with E-state index in [2.05, 4.69) is 0 Å². The fourth-order valence-corrected chi connectivity index (χ4v) is 3.01. The molecule has 0 spiro atoms. The molecule has 0 aliphatic heterocycles. The van der Waals surface area contributed by atoms with Gasteiger partial charge in [-0.05, 0) is 19.1 Å². The average molecular weight is 269 g/mol. The van der Waals surface area contributed by atoms with Crippen LogP contribution < -0.4 is 0 Å². The molecular formula is C12H9ClO3S. The second-order valence-electron chi connectivity index (χ2n) is 3.30. The summed E-state index contributed by atoms with van der Waals surface area (Å²) in [6.45, 7) is 2.00. The molecule has 0 fully saturated rings. The number of ether oxygens (including phenoxy) is 1. The highest BCUT2D eigenvalue weighted by atomic mass is 35.5. The maximum Gasteiger partial charge on any atom is 0.349 e. The minimum atomic E-state index is -0.480. The number of benzene rings is 1. The summed E-state index contributed by atoms with van der Waals surface area (Å²) >= 11 is 7.25. The van der Waals surface area contributed by atoms with Crippen LogP contribution in [-0.2, 0) is 4.74 Å². The van der Waals surface area contributed by atoms with E-state index in [9.17, 15) is 9.59 Å². The van der Waals surface area contributed by atoms with Gasteiger partial charge in [0.1, 0.15) is 4.88 Å². The van der Waals surface area contributed by atoms with Gasteiger partial charge in [-0.2, -0.15) is 0 Å². The van der Waals surface area contributed by atoms with Gasteiger partial charge in [0.15, 0.2) is 6.29 Å². The molecule has 1 aromatic carbocycles. The zero-order valence-corrected chi connectivity index (χ0v) is 10.6. The molecule has 0 amide bonds. The largest absolute Gasteiger partial charge is 0.462 e. The Balaban J connectivity index is 2.69. The lowest BCUT2D eigenvalue weighted by Crippen LogP contribution is -2.04. The van der Waals surface area contributed by atoms with Crippen LogP contribution in [-0.4, -0.2) is 18.9 Å². The molecular weight excluding hydrogens is 260 g/mol. The van der Waals surface area contributed by atoms with Crippen LogP contribution in [0.15, 0.2) is 18.2 Å². The average Bonchev–Trinajstić information content (AvgIpc) is 2.69. The summed E-state index contributed by atoms with van der Waals surface area (Å²) in [4.78, 5) is 23.1. The van der Waals surface area contributed by atoms with Crippen molar-refractivity contribution in [2.75, 3.05) is 6.61 Å². The maximum absolute atomic E-state index is 11.7. The van der Waals surface area contributed by atoms with Gasteiger partial charge in [0.2, 0.25) is 0 Å². The van der Waals surface area contributed by atoms with Crippen LogP contribution in [0.2, 0.25) is 5.02 Å². The Kier molecular flexibility index (Phi) is 3.45. The van der Waals surface area contributed by atoms with E-state index >= 15 is 0 Å². The molecule has 5 heteroatoms. The first-order valence-electron chi connectivity index (χ1n) is 5.02. The molecule has 0 aliphatic carbocycles. The molecule has 1 heterocycles.